The second kappa shape index (κ2) is 5.12. The number of nitrogens with one attached hydrogen (secondary N) is 1. The number of pyridine rings is 1. The summed E-state index contributed by atoms with van der Waals surface area (Å²) in [6, 6.07) is 3.35. The van der Waals surface area contributed by atoms with Crippen LogP contribution in [-0.2, 0) is 0 Å². The number of halogens is 1. The lowest BCUT2D eigenvalue weighted by Gasteiger charge is -2.17. The molecule has 4 heteroatoms. The van der Waals surface area contributed by atoms with E-state index >= 15 is 0 Å². The Balaban J connectivity index is 2.69. The molecule has 1 aromatic heterocycles. The van der Waals surface area contributed by atoms with E-state index in [2.05, 4.69) is 24.1 Å². The number of rotatable bonds is 3. The molecular formula is C11H15ClN2O. The van der Waals surface area contributed by atoms with E-state index in [0.717, 1.165) is 0 Å². The number of hydrogen-bond acceptors (Lipinski definition) is 2. The van der Waals surface area contributed by atoms with Gasteiger partial charge in [-0.1, -0.05) is 25.4 Å². The van der Waals surface area contributed by atoms with E-state index in [9.17, 15) is 4.79 Å². The molecule has 1 N–H and O–H groups in total. The molecule has 15 heavy (non-hydrogen) atoms. The minimum Gasteiger partial charge on any atom is -0.349 e. The van der Waals surface area contributed by atoms with Crippen LogP contribution in [0.1, 0.15) is 31.1 Å². The molecule has 0 fully saturated rings. The van der Waals surface area contributed by atoms with Crippen molar-refractivity contribution in [2.75, 3.05) is 0 Å². The van der Waals surface area contributed by atoms with Gasteiger partial charge >= 0.3 is 0 Å². The topological polar surface area (TPSA) is 42.0 Å². The first-order valence-corrected chi connectivity index (χ1v) is 5.31. The Hall–Kier alpha value is -1.09. The van der Waals surface area contributed by atoms with Gasteiger partial charge in [0.05, 0.1) is 0 Å². The summed E-state index contributed by atoms with van der Waals surface area (Å²) >= 11 is 5.70. The Morgan fingerprint density at radius 3 is 2.67 bits per heavy atom. The lowest BCUT2D eigenvalue weighted by Crippen LogP contribution is -2.36. The quantitative estimate of drug-likeness (QED) is 0.805. The maximum Gasteiger partial charge on any atom is 0.251 e. The molecule has 0 bridgehead atoms. The van der Waals surface area contributed by atoms with Gasteiger partial charge in [0.1, 0.15) is 5.15 Å². The second-order valence-corrected chi connectivity index (χ2v) is 4.26. The minimum atomic E-state index is -0.111. The zero-order chi connectivity index (χ0) is 11.4. The number of nitrogens with zero attached hydrogens (tertiary/aromatic N) is 1. The fourth-order valence-corrected chi connectivity index (χ4v) is 1.17. The lowest BCUT2D eigenvalue weighted by molar-refractivity contribution is 0.0930. The molecule has 1 atom stereocenters. The van der Waals surface area contributed by atoms with Crippen molar-refractivity contribution < 1.29 is 4.79 Å². The molecule has 1 heterocycles. The van der Waals surface area contributed by atoms with Gasteiger partial charge < -0.3 is 5.32 Å². The van der Waals surface area contributed by atoms with Gasteiger partial charge in [0.15, 0.2) is 0 Å². The lowest BCUT2D eigenvalue weighted by atomic mass is 10.1. The smallest absolute Gasteiger partial charge is 0.251 e. The molecule has 0 radical (unpaired) electrons. The van der Waals surface area contributed by atoms with E-state index in [-0.39, 0.29) is 11.9 Å². The average Bonchev–Trinajstić information content (AvgIpc) is 2.17. The minimum absolute atomic E-state index is 0.111. The summed E-state index contributed by atoms with van der Waals surface area (Å²) in [5.74, 6) is 0.298. The van der Waals surface area contributed by atoms with Crippen LogP contribution in [0, 0.1) is 5.92 Å². The highest BCUT2D eigenvalue weighted by Crippen LogP contribution is 2.08. The number of aromatic nitrogens is 1. The van der Waals surface area contributed by atoms with Crippen LogP contribution < -0.4 is 5.32 Å². The maximum atomic E-state index is 11.7. The molecule has 0 aliphatic heterocycles. The molecule has 3 nitrogen and oxygen atoms in total. The van der Waals surface area contributed by atoms with E-state index in [0.29, 0.717) is 16.6 Å². The van der Waals surface area contributed by atoms with Gasteiger partial charge in [-0.2, -0.15) is 0 Å². The van der Waals surface area contributed by atoms with Gasteiger partial charge in [-0.25, -0.2) is 4.98 Å². The fourth-order valence-electron chi connectivity index (χ4n) is 1.00. The standard InChI is InChI=1S/C11H15ClN2O/c1-7(2)8(3)14-11(15)9-4-5-13-10(12)6-9/h4-8H,1-3H3,(H,14,15)/t8-/m0/s1. The highest BCUT2D eigenvalue weighted by atomic mass is 35.5. The van der Waals surface area contributed by atoms with Gasteiger partial charge in [0.2, 0.25) is 0 Å². The van der Waals surface area contributed by atoms with Crippen LogP contribution in [-0.4, -0.2) is 16.9 Å². The fraction of sp³-hybridized carbons (Fsp3) is 0.455. The van der Waals surface area contributed by atoms with E-state index in [1.165, 1.54) is 6.20 Å². The molecule has 82 valence electrons. The first kappa shape index (κ1) is 12.0. The van der Waals surface area contributed by atoms with E-state index in [4.69, 9.17) is 11.6 Å². The first-order valence-electron chi connectivity index (χ1n) is 4.93. The highest BCUT2D eigenvalue weighted by Gasteiger charge is 2.12. The van der Waals surface area contributed by atoms with Gasteiger partial charge in [0.25, 0.3) is 5.91 Å². The van der Waals surface area contributed by atoms with Crippen LogP contribution >= 0.6 is 11.6 Å². The van der Waals surface area contributed by atoms with Crippen LogP contribution in [0.3, 0.4) is 0 Å². The third kappa shape index (κ3) is 3.51. The second-order valence-electron chi connectivity index (χ2n) is 3.87. The zero-order valence-corrected chi connectivity index (χ0v) is 9.88. The molecule has 0 aliphatic rings. The predicted octanol–water partition coefficient (Wildman–Crippen LogP) is 2.51. The average molecular weight is 227 g/mol. The Morgan fingerprint density at radius 1 is 1.47 bits per heavy atom. The summed E-state index contributed by atoms with van der Waals surface area (Å²) in [4.78, 5) is 15.5. The zero-order valence-electron chi connectivity index (χ0n) is 9.12. The Kier molecular flexibility index (Phi) is 4.09. The van der Waals surface area contributed by atoms with Crippen molar-refractivity contribution in [1.29, 1.82) is 0 Å². The van der Waals surface area contributed by atoms with Gasteiger partial charge in [-0.15, -0.1) is 0 Å². The van der Waals surface area contributed by atoms with Gasteiger partial charge in [0, 0.05) is 17.8 Å². The van der Waals surface area contributed by atoms with Gasteiger partial charge in [-0.05, 0) is 25.0 Å². The third-order valence-corrected chi connectivity index (χ3v) is 2.55. The molecule has 0 aromatic carbocycles. The number of carbonyl (C=O) groups is 1. The number of hydrogen-bond donors (Lipinski definition) is 1. The van der Waals surface area contributed by atoms with E-state index in [1.807, 2.05) is 6.92 Å². The largest absolute Gasteiger partial charge is 0.349 e. The van der Waals surface area contributed by atoms with E-state index < -0.39 is 0 Å². The molecule has 1 rings (SSSR count). The summed E-state index contributed by atoms with van der Waals surface area (Å²) in [7, 11) is 0. The first-order chi connectivity index (χ1) is 7.00. The van der Waals surface area contributed by atoms with Crippen molar-refractivity contribution in [3.8, 4) is 0 Å². The SMILES string of the molecule is CC(C)[C@H](C)NC(=O)c1ccnc(Cl)c1. The van der Waals surface area contributed by atoms with Crippen molar-refractivity contribution >= 4 is 17.5 Å². The van der Waals surface area contributed by atoms with Gasteiger partial charge in [-0.3, -0.25) is 4.79 Å². The molecule has 0 spiro atoms. The van der Waals surface area contributed by atoms with Crippen molar-refractivity contribution in [1.82, 2.24) is 10.3 Å². The van der Waals surface area contributed by atoms with Crippen LogP contribution in [0.25, 0.3) is 0 Å². The van der Waals surface area contributed by atoms with Crippen LogP contribution in [0.5, 0.6) is 0 Å². The van der Waals surface area contributed by atoms with Crippen molar-refractivity contribution in [3.05, 3.63) is 29.0 Å². The van der Waals surface area contributed by atoms with Crippen molar-refractivity contribution in [3.63, 3.8) is 0 Å². The molecule has 0 unspecified atom stereocenters. The normalized spacial score (nSPS) is 12.6. The summed E-state index contributed by atoms with van der Waals surface area (Å²) in [6.07, 6.45) is 1.53. The molecule has 1 aromatic rings. The van der Waals surface area contributed by atoms with E-state index in [1.54, 1.807) is 12.1 Å². The molecular weight excluding hydrogens is 212 g/mol. The number of amides is 1. The molecule has 0 aliphatic carbocycles. The molecule has 1 amide bonds. The molecule has 0 saturated carbocycles. The Morgan fingerprint density at radius 2 is 2.13 bits per heavy atom. The molecule has 0 saturated heterocycles. The summed E-state index contributed by atoms with van der Waals surface area (Å²) in [6.45, 7) is 6.10. The number of carbonyl (C=O) groups excluding carboxylic acids is 1. The van der Waals surface area contributed by atoms with Crippen molar-refractivity contribution in [2.24, 2.45) is 5.92 Å². The summed E-state index contributed by atoms with van der Waals surface area (Å²) < 4.78 is 0. The third-order valence-electron chi connectivity index (χ3n) is 2.35. The van der Waals surface area contributed by atoms with Crippen molar-refractivity contribution in [2.45, 2.75) is 26.8 Å². The summed E-state index contributed by atoms with van der Waals surface area (Å²) in [5.41, 5.74) is 0.544. The monoisotopic (exact) mass is 226 g/mol. The Bertz CT molecular complexity index is 352. The predicted molar refractivity (Wildman–Crippen MR) is 61.0 cm³/mol. The Labute approximate surface area is 94.9 Å². The highest BCUT2D eigenvalue weighted by molar-refractivity contribution is 6.29. The summed E-state index contributed by atoms with van der Waals surface area (Å²) in [5, 5.41) is 3.23. The van der Waals surface area contributed by atoms with Crippen LogP contribution in [0.15, 0.2) is 18.3 Å². The van der Waals surface area contributed by atoms with Crippen LogP contribution in [0.2, 0.25) is 5.15 Å². The maximum absolute atomic E-state index is 11.7. The van der Waals surface area contributed by atoms with Crippen LogP contribution in [0.4, 0.5) is 0 Å².